The topological polar surface area (TPSA) is 0 Å². The van der Waals surface area contributed by atoms with Crippen molar-refractivity contribution in [2.45, 2.75) is 25.7 Å². The van der Waals surface area contributed by atoms with E-state index in [0.29, 0.717) is 0 Å². The van der Waals surface area contributed by atoms with Crippen LogP contribution in [0.15, 0.2) is 12.7 Å². The lowest BCUT2D eigenvalue weighted by atomic mass is 9.83. The molecule has 0 heterocycles. The molecule has 1 radical (unpaired) electrons. The Morgan fingerprint density at radius 2 is 1.67 bits per heavy atom. The summed E-state index contributed by atoms with van der Waals surface area (Å²) in [5.41, 5.74) is 0. The maximum atomic E-state index is 4.03. The molecule has 0 aromatic heterocycles. The third-order valence-electron chi connectivity index (χ3n) is 2.22. The van der Waals surface area contributed by atoms with Gasteiger partial charge < -0.3 is 0 Å². The summed E-state index contributed by atoms with van der Waals surface area (Å²) in [7, 11) is 0. The number of allylic oxidation sites excluding steroid dienone is 1. The van der Waals surface area contributed by atoms with E-state index in [-0.39, 0.29) is 0 Å². The largest absolute Gasteiger partial charge is 0.103 e. The van der Waals surface area contributed by atoms with Crippen molar-refractivity contribution in [1.29, 1.82) is 0 Å². The summed E-state index contributed by atoms with van der Waals surface area (Å²) in [5.74, 6) is 1.52. The van der Waals surface area contributed by atoms with Gasteiger partial charge in [0.25, 0.3) is 0 Å². The van der Waals surface area contributed by atoms with Crippen LogP contribution in [-0.4, -0.2) is 0 Å². The monoisotopic (exact) mass is 123 g/mol. The van der Waals surface area contributed by atoms with Crippen LogP contribution in [-0.2, 0) is 0 Å². The average Bonchev–Trinajstić information content (AvgIpc) is 1.90. The molecule has 1 aliphatic carbocycles. The van der Waals surface area contributed by atoms with E-state index in [1.54, 1.807) is 0 Å². The minimum Gasteiger partial charge on any atom is -0.103 e. The van der Waals surface area contributed by atoms with Crippen molar-refractivity contribution >= 4 is 0 Å². The molecule has 1 aliphatic rings. The van der Waals surface area contributed by atoms with E-state index in [4.69, 9.17) is 0 Å². The van der Waals surface area contributed by atoms with E-state index in [2.05, 4.69) is 19.6 Å². The molecule has 0 bridgehead atoms. The van der Waals surface area contributed by atoms with Crippen LogP contribution in [0, 0.1) is 18.8 Å². The number of hydrogen-bond acceptors (Lipinski definition) is 0. The molecule has 0 atom stereocenters. The van der Waals surface area contributed by atoms with Crippen molar-refractivity contribution in [2.24, 2.45) is 11.8 Å². The SMILES string of the molecule is C=C[C@H]1CC[C@@H]([CH2])CC1. The summed E-state index contributed by atoms with van der Waals surface area (Å²) >= 11 is 0. The second kappa shape index (κ2) is 3.05. The fourth-order valence-corrected chi connectivity index (χ4v) is 1.42. The summed E-state index contributed by atoms with van der Waals surface area (Å²) in [4.78, 5) is 0. The van der Waals surface area contributed by atoms with Crippen molar-refractivity contribution in [2.75, 3.05) is 0 Å². The molecule has 0 saturated heterocycles. The molecule has 1 fully saturated rings. The minimum atomic E-state index is 0.723. The van der Waals surface area contributed by atoms with Crippen LogP contribution in [0.3, 0.4) is 0 Å². The Morgan fingerprint density at radius 3 is 2.11 bits per heavy atom. The van der Waals surface area contributed by atoms with E-state index in [1.165, 1.54) is 25.7 Å². The lowest BCUT2D eigenvalue weighted by Gasteiger charge is -2.22. The van der Waals surface area contributed by atoms with Crippen LogP contribution in [0.4, 0.5) is 0 Å². The summed E-state index contributed by atoms with van der Waals surface area (Å²) in [5, 5.41) is 0. The summed E-state index contributed by atoms with van der Waals surface area (Å²) in [6.45, 7) is 7.82. The van der Waals surface area contributed by atoms with Crippen molar-refractivity contribution in [3.8, 4) is 0 Å². The Morgan fingerprint density at radius 1 is 1.11 bits per heavy atom. The molecule has 0 aromatic rings. The molecule has 0 amide bonds. The summed E-state index contributed by atoms with van der Waals surface area (Å²) in [6, 6.07) is 0. The third-order valence-corrected chi connectivity index (χ3v) is 2.22. The van der Waals surface area contributed by atoms with Gasteiger partial charge in [-0.2, -0.15) is 0 Å². The lowest BCUT2D eigenvalue weighted by molar-refractivity contribution is 0.355. The number of rotatable bonds is 1. The first-order valence-corrected chi connectivity index (χ1v) is 3.78. The molecule has 0 spiro atoms. The van der Waals surface area contributed by atoms with Crippen LogP contribution in [0.1, 0.15) is 25.7 Å². The van der Waals surface area contributed by atoms with E-state index in [0.717, 1.165) is 11.8 Å². The van der Waals surface area contributed by atoms with Gasteiger partial charge >= 0.3 is 0 Å². The number of hydrogen-bond donors (Lipinski definition) is 0. The quantitative estimate of drug-likeness (QED) is 0.470. The van der Waals surface area contributed by atoms with Gasteiger partial charge in [0.15, 0.2) is 0 Å². The van der Waals surface area contributed by atoms with Gasteiger partial charge in [-0.1, -0.05) is 13.0 Å². The Hall–Kier alpha value is -0.260. The van der Waals surface area contributed by atoms with Gasteiger partial charge in [0.05, 0.1) is 0 Å². The van der Waals surface area contributed by atoms with Crippen molar-refractivity contribution in [1.82, 2.24) is 0 Å². The molecule has 51 valence electrons. The molecule has 0 aromatic carbocycles. The zero-order valence-corrected chi connectivity index (χ0v) is 5.97. The Labute approximate surface area is 58.0 Å². The normalized spacial score (nSPS) is 36.1. The predicted molar refractivity (Wildman–Crippen MR) is 41.0 cm³/mol. The maximum absolute atomic E-state index is 4.03. The minimum absolute atomic E-state index is 0.723. The van der Waals surface area contributed by atoms with Crippen LogP contribution in [0.25, 0.3) is 0 Å². The van der Waals surface area contributed by atoms with Gasteiger partial charge in [-0.25, -0.2) is 0 Å². The van der Waals surface area contributed by atoms with Crippen molar-refractivity contribution < 1.29 is 0 Å². The maximum Gasteiger partial charge on any atom is -0.0236 e. The van der Waals surface area contributed by atoms with E-state index < -0.39 is 0 Å². The van der Waals surface area contributed by atoms with Crippen LogP contribution >= 0.6 is 0 Å². The standard InChI is InChI=1S/C9H15/c1-3-9-6-4-8(2)5-7-9/h3,8-9H,1-2,4-7H2/t8-,9+. The molecular weight excluding hydrogens is 108 g/mol. The Kier molecular flexibility index (Phi) is 2.32. The fraction of sp³-hybridized carbons (Fsp3) is 0.667. The van der Waals surface area contributed by atoms with Gasteiger partial charge in [-0.05, 0) is 37.5 Å². The molecular formula is C9H15. The summed E-state index contributed by atoms with van der Waals surface area (Å²) in [6.07, 6.45) is 7.33. The molecule has 0 nitrogen and oxygen atoms in total. The van der Waals surface area contributed by atoms with Crippen LogP contribution < -0.4 is 0 Å². The van der Waals surface area contributed by atoms with Gasteiger partial charge in [0, 0.05) is 0 Å². The predicted octanol–water partition coefficient (Wildman–Crippen LogP) is 2.81. The second-order valence-electron chi connectivity index (χ2n) is 3.02. The third kappa shape index (κ3) is 1.85. The fourth-order valence-electron chi connectivity index (χ4n) is 1.42. The molecule has 1 rings (SSSR count). The van der Waals surface area contributed by atoms with Crippen LogP contribution in [0.5, 0.6) is 0 Å². The molecule has 0 unspecified atom stereocenters. The van der Waals surface area contributed by atoms with Crippen molar-refractivity contribution in [3.63, 3.8) is 0 Å². The van der Waals surface area contributed by atoms with E-state index >= 15 is 0 Å². The first kappa shape index (κ1) is 6.85. The van der Waals surface area contributed by atoms with E-state index in [9.17, 15) is 0 Å². The highest BCUT2D eigenvalue weighted by Crippen LogP contribution is 2.28. The lowest BCUT2D eigenvalue weighted by Crippen LogP contribution is -2.09. The van der Waals surface area contributed by atoms with Gasteiger partial charge in [-0.15, -0.1) is 6.58 Å². The highest BCUT2D eigenvalue weighted by Gasteiger charge is 2.14. The van der Waals surface area contributed by atoms with Crippen molar-refractivity contribution in [3.05, 3.63) is 19.6 Å². The zero-order valence-electron chi connectivity index (χ0n) is 5.97. The first-order chi connectivity index (χ1) is 4.33. The highest BCUT2D eigenvalue weighted by molar-refractivity contribution is 4.84. The molecule has 9 heavy (non-hydrogen) atoms. The van der Waals surface area contributed by atoms with Crippen LogP contribution in [0.2, 0.25) is 0 Å². The van der Waals surface area contributed by atoms with Gasteiger partial charge in [0.2, 0.25) is 0 Å². The summed E-state index contributed by atoms with van der Waals surface area (Å²) < 4.78 is 0. The zero-order chi connectivity index (χ0) is 6.69. The molecule has 0 heteroatoms. The molecule has 0 N–H and O–H groups in total. The second-order valence-corrected chi connectivity index (χ2v) is 3.02. The smallest absolute Gasteiger partial charge is 0.0236 e. The molecule has 1 saturated carbocycles. The average molecular weight is 123 g/mol. The molecule has 0 aliphatic heterocycles. The Balaban J connectivity index is 2.26. The van der Waals surface area contributed by atoms with Gasteiger partial charge in [-0.3, -0.25) is 0 Å². The Bertz CT molecular complexity index is 86.2. The first-order valence-electron chi connectivity index (χ1n) is 3.78. The van der Waals surface area contributed by atoms with Gasteiger partial charge in [0.1, 0.15) is 0 Å². The van der Waals surface area contributed by atoms with E-state index in [1.807, 2.05) is 0 Å². The highest BCUT2D eigenvalue weighted by atomic mass is 14.2.